The number of anilines is 1. The fourth-order valence-corrected chi connectivity index (χ4v) is 2.02. The van der Waals surface area contributed by atoms with E-state index in [1.54, 1.807) is 12.3 Å². The maximum absolute atomic E-state index is 12.4. The van der Waals surface area contributed by atoms with Gasteiger partial charge in [-0.25, -0.2) is 0 Å². The number of aromatic amines is 1. The molecule has 1 aliphatic carbocycles. The second-order valence-electron chi connectivity index (χ2n) is 4.69. The quantitative estimate of drug-likeness (QED) is 0.861. The lowest BCUT2D eigenvalue weighted by Crippen LogP contribution is -2.33. The lowest BCUT2D eigenvalue weighted by molar-refractivity contribution is 0.0721. The summed E-state index contributed by atoms with van der Waals surface area (Å²) in [4.78, 5) is 18.5. The molecule has 2 heterocycles. The minimum Gasteiger partial charge on any atom is -0.382 e. The number of nitrogens with zero attached hydrogens (tertiary/aromatic N) is 3. The number of nitrogen functional groups attached to an aromatic ring is 1. The van der Waals surface area contributed by atoms with Gasteiger partial charge in [0.15, 0.2) is 0 Å². The van der Waals surface area contributed by atoms with Gasteiger partial charge in [-0.05, 0) is 25.0 Å². The highest BCUT2D eigenvalue weighted by Gasteiger charge is 2.33. The number of hydrogen-bond donors (Lipinski definition) is 2. The molecule has 0 aliphatic heterocycles. The summed E-state index contributed by atoms with van der Waals surface area (Å²) in [5.41, 5.74) is 6.85. The van der Waals surface area contributed by atoms with Crippen LogP contribution in [0.3, 0.4) is 0 Å². The molecule has 1 saturated carbocycles. The van der Waals surface area contributed by atoms with E-state index >= 15 is 0 Å². The Morgan fingerprint density at radius 3 is 2.89 bits per heavy atom. The largest absolute Gasteiger partial charge is 0.382 e. The van der Waals surface area contributed by atoms with Gasteiger partial charge >= 0.3 is 0 Å². The van der Waals surface area contributed by atoms with E-state index in [1.165, 1.54) is 0 Å². The van der Waals surface area contributed by atoms with Gasteiger partial charge in [0.2, 0.25) is 0 Å². The van der Waals surface area contributed by atoms with Gasteiger partial charge < -0.3 is 10.6 Å². The molecule has 2 aromatic heterocycles. The first-order valence-corrected chi connectivity index (χ1v) is 6.26. The van der Waals surface area contributed by atoms with Crippen molar-refractivity contribution in [2.45, 2.75) is 25.4 Å². The van der Waals surface area contributed by atoms with Gasteiger partial charge in [-0.1, -0.05) is 6.07 Å². The summed E-state index contributed by atoms with van der Waals surface area (Å²) in [6.45, 7) is 0.517. The van der Waals surface area contributed by atoms with Crippen molar-refractivity contribution < 1.29 is 4.79 Å². The van der Waals surface area contributed by atoms with Crippen LogP contribution < -0.4 is 5.73 Å². The molecule has 1 amide bonds. The molecule has 1 fully saturated rings. The number of nitrogens with one attached hydrogen (secondary N) is 1. The molecule has 6 heteroatoms. The third-order valence-corrected chi connectivity index (χ3v) is 3.14. The monoisotopic (exact) mass is 257 g/mol. The molecular formula is C13H15N5O. The summed E-state index contributed by atoms with van der Waals surface area (Å²) < 4.78 is 0. The number of rotatable bonds is 4. The van der Waals surface area contributed by atoms with Crippen molar-refractivity contribution in [1.29, 1.82) is 0 Å². The molecule has 0 spiro atoms. The van der Waals surface area contributed by atoms with Crippen LogP contribution >= 0.6 is 0 Å². The van der Waals surface area contributed by atoms with Crippen LogP contribution in [0, 0.1) is 0 Å². The van der Waals surface area contributed by atoms with E-state index in [9.17, 15) is 4.79 Å². The zero-order valence-electron chi connectivity index (χ0n) is 10.4. The van der Waals surface area contributed by atoms with E-state index in [2.05, 4.69) is 15.2 Å². The summed E-state index contributed by atoms with van der Waals surface area (Å²) in [7, 11) is 0. The second-order valence-corrected chi connectivity index (χ2v) is 4.69. The Morgan fingerprint density at radius 1 is 1.47 bits per heavy atom. The average molecular weight is 257 g/mol. The van der Waals surface area contributed by atoms with Gasteiger partial charge in [0, 0.05) is 18.3 Å². The Bertz CT molecular complexity index is 576. The van der Waals surface area contributed by atoms with Crippen LogP contribution in [0.15, 0.2) is 30.5 Å². The summed E-state index contributed by atoms with van der Waals surface area (Å²) in [5.74, 6) is 0.259. The topological polar surface area (TPSA) is 87.9 Å². The normalized spacial score (nSPS) is 14.3. The molecule has 0 radical (unpaired) electrons. The van der Waals surface area contributed by atoms with Crippen molar-refractivity contribution in [2.24, 2.45) is 0 Å². The molecule has 2 aromatic rings. The maximum Gasteiger partial charge on any atom is 0.272 e. The first kappa shape index (κ1) is 11.7. The van der Waals surface area contributed by atoms with E-state index in [0.29, 0.717) is 24.1 Å². The lowest BCUT2D eigenvalue weighted by atomic mass is 10.3. The molecule has 0 saturated heterocycles. The van der Waals surface area contributed by atoms with Crippen LogP contribution in [0.1, 0.15) is 29.0 Å². The number of H-pyrrole nitrogens is 1. The van der Waals surface area contributed by atoms with E-state index in [-0.39, 0.29) is 5.91 Å². The first-order chi connectivity index (χ1) is 9.24. The van der Waals surface area contributed by atoms with Crippen molar-refractivity contribution in [3.05, 3.63) is 41.9 Å². The van der Waals surface area contributed by atoms with Gasteiger partial charge in [0.25, 0.3) is 5.91 Å². The minimum absolute atomic E-state index is 0.0719. The maximum atomic E-state index is 12.4. The van der Waals surface area contributed by atoms with Gasteiger partial charge in [-0.3, -0.25) is 14.9 Å². The Balaban J connectivity index is 1.79. The van der Waals surface area contributed by atoms with Crippen molar-refractivity contribution in [3.8, 4) is 0 Å². The predicted octanol–water partition coefficient (Wildman–Crippen LogP) is 1.19. The number of carbonyl (C=O) groups excluding carboxylic acids is 1. The Labute approximate surface area is 110 Å². The van der Waals surface area contributed by atoms with Crippen LogP contribution in [-0.4, -0.2) is 32.0 Å². The van der Waals surface area contributed by atoms with Crippen LogP contribution in [0.25, 0.3) is 0 Å². The molecule has 6 nitrogen and oxygen atoms in total. The molecule has 0 bridgehead atoms. The molecule has 0 unspecified atom stereocenters. The van der Waals surface area contributed by atoms with Gasteiger partial charge in [0.05, 0.1) is 12.2 Å². The van der Waals surface area contributed by atoms with Crippen LogP contribution in [0.4, 0.5) is 5.82 Å². The van der Waals surface area contributed by atoms with E-state index in [1.807, 2.05) is 23.1 Å². The molecular weight excluding hydrogens is 242 g/mol. The number of carbonyl (C=O) groups is 1. The second kappa shape index (κ2) is 4.72. The summed E-state index contributed by atoms with van der Waals surface area (Å²) >= 11 is 0. The summed E-state index contributed by atoms with van der Waals surface area (Å²) in [6, 6.07) is 7.58. The van der Waals surface area contributed by atoms with Crippen molar-refractivity contribution in [2.75, 3.05) is 5.73 Å². The predicted molar refractivity (Wildman–Crippen MR) is 70.1 cm³/mol. The fourth-order valence-electron chi connectivity index (χ4n) is 2.02. The van der Waals surface area contributed by atoms with Crippen LogP contribution in [-0.2, 0) is 6.54 Å². The molecule has 0 atom stereocenters. The SMILES string of the molecule is Nc1cc(C(=O)N(Cc2ccccn2)C2CC2)[nH]n1. The molecule has 1 aliphatic rings. The summed E-state index contributed by atoms with van der Waals surface area (Å²) in [6.07, 6.45) is 3.82. The third-order valence-electron chi connectivity index (χ3n) is 3.14. The number of aromatic nitrogens is 3. The Morgan fingerprint density at radius 2 is 2.32 bits per heavy atom. The van der Waals surface area contributed by atoms with Crippen LogP contribution in [0.5, 0.6) is 0 Å². The lowest BCUT2D eigenvalue weighted by Gasteiger charge is -2.21. The van der Waals surface area contributed by atoms with Gasteiger partial charge in [-0.2, -0.15) is 5.10 Å². The number of nitrogens with two attached hydrogens (primary N) is 1. The van der Waals surface area contributed by atoms with Crippen molar-refractivity contribution in [1.82, 2.24) is 20.1 Å². The van der Waals surface area contributed by atoms with Crippen LogP contribution in [0.2, 0.25) is 0 Å². The molecule has 98 valence electrons. The van der Waals surface area contributed by atoms with Crippen molar-refractivity contribution >= 4 is 11.7 Å². The smallest absolute Gasteiger partial charge is 0.272 e. The zero-order valence-corrected chi connectivity index (χ0v) is 10.4. The summed E-state index contributed by atoms with van der Waals surface area (Å²) in [5, 5.41) is 6.46. The van der Waals surface area contributed by atoms with E-state index in [0.717, 1.165) is 18.5 Å². The highest BCUT2D eigenvalue weighted by molar-refractivity contribution is 5.93. The van der Waals surface area contributed by atoms with E-state index < -0.39 is 0 Å². The van der Waals surface area contributed by atoms with Crippen molar-refractivity contribution in [3.63, 3.8) is 0 Å². The molecule has 3 rings (SSSR count). The first-order valence-electron chi connectivity index (χ1n) is 6.26. The fraction of sp³-hybridized carbons (Fsp3) is 0.308. The molecule has 3 N–H and O–H groups in total. The zero-order chi connectivity index (χ0) is 13.2. The standard InChI is InChI=1S/C13H15N5O/c14-12-7-11(16-17-12)13(19)18(10-4-5-10)8-9-3-1-2-6-15-9/h1-3,6-7,10H,4-5,8H2,(H3,14,16,17). The number of amides is 1. The average Bonchev–Trinajstić information content (AvgIpc) is 3.18. The molecule has 0 aromatic carbocycles. The highest BCUT2D eigenvalue weighted by Crippen LogP contribution is 2.29. The Hall–Kier alpha value is -2.37. The highest BCUT2D eigenvalue weighted by atomic mass is 16.2. The third kappa shape index (κ3) is 2.57. The number of hydrogen-bond acceptors (Lipinski definition) is 4. The van der Waals surface area contributed by atoms with Gasteiger partial charge in [0.1, 0.15) is 11.5 Å². The number of pyridine rings is 1. The van der Waals surface area contributed by atoms with Gasteiger partial charge in [-0.15, -0.1) is 0 Å². The van der Waals surface area contributed by atoms with E-state index in [4.69, 9.17) is 5.73 Å². The minimum atomic E-state index is -0.0719. The molecule has 19 heavy (non-hydrogen) atoms. The Kier molecular flexibility index (Phi) is 2.91.